The van der Waals surface area contributed by atoms with Crippen LogP contribution in [0, 0.1) is 6.92 Å². The lowest BCUT2D eigenvalue weighted by atomic mass is 10.1. The number of rotatable bonds is 5. The number of benzene rings is 1. The third kappa shape index (κ3) is 3.03. The molecule has 1 N–H and O–H groups in total. The molecule has 0 aliphatic rings. The lowest BCUT2D eigenvalue weighted by Crippen LogP contribution is -1.95. The number of aryl methyl sites for hydroxylation is 3. The minimum Gasteiger partial charge on any atom is -0.497 e. The van der Waals surface area contributed by atoms with Crippen molar-refractivity contribution in [2.24, 2.45) is 0 Å². The number of aromatic amines is 1. The molecule has 0 bridgehead atoms. The smallest absolute Gasteiger partial charge is 0.122 e. The lowest BCUT2D eigenvalue weighted by molar-refractivity contribution is 0.393. The minimum atomic E-state index is 0.822. The van der Waals surface area contributed by atoms with E-state index >= 15 is 0 Å². The van der Waals surface area contributed by atoms with Crippen LogP contribution in [-0.4, -0.2) is 24.4 Å². The van der Waals surface area contributed by atoms with Crippen LogP contribution in [0.2, 0.25) is 0 Å². The van der Waals surface area contributed by atoms with Crippen LogP contribution in [-0.2, 0) is 12.8 Å². The van der Waals surface area contributed by atoms with Gasteiger partial charge < -0.3 is 9.47 Å². The average molecular weight is 246 g/mol. The summed E-state index contributed by atoms with van der Waals surface area (Å²) in [4.78, 5) is 0. The van der Waals surface area contributed by atoms with Crippen LogP contribution in [0.5, 0.6) is 11.5 Å². The van der Waals surface area contributed by atoms with E-state index in [1.165, 1.54) is 5.56 Å². The summed E-state index contributed by atoms with van der Waals surface area (Å²) in [6.45, 7) is 2.01. The Morgan fingerprint density at radius 1 is 1.00 bits per heavy atom. The first-order valence-corrected chi connectivity index (χ1v) is 5.94. The van der Waals surface area contributed by atoms with Gasteiger partial charge in [-0.15, -0.1) is 0 Å². The summed E-state index contributed by atoms with van der Waals surface area (Å²) in [6, 6.07) is 8.00. The molecule has 4 heteroatoms. The van der Waals surface area contributed by atoms with Gasteiger partial charge in [0.15, 0.2) is 0 Å². The number of nitrogens with zero attached hydrogens (tertiary/aromatic N) is 1. The van der Waals surface area contributed by atoms with Gasteiger partial charge in [-0.05, 0) is 43.5 Å². The second kappa shape index (κ2) is 5.58. The summed E-state index contributed by atoms with van der Waals surface area (Å²) in [5, 5.41) is 7.18. The summed E-state index contributed by atoms with van der Waals surface area (Å²) in [5.74, 6) is 1.64. The van der Waals surface area contributed by atoms with Crippen molar-refractivity contribution in [2.75, 3.05) is 14.2 Å². The Bertz CT molecular complexity index is 498. The molecule has 0 spiro atoms. The number of nitrogens with one attached hydrogen (secondary N) is 1. The molecule has 0 unspecified atom stereocenters. The van der Waals surface area contributed by atoms with E-state index in [9.17, 15) is 0 Å². The lowest BCUT2D eigenvalue weighted by Gasteiger charge is -2.07. The molecule has 96 valence electrons. The number of ether oxygens (including phenoxy) is 2. The highest BCUT2D eigenvalue weighted by Gasteiger charge is 2.04. The zero-order valence-electron chi connectivity index (χ0n) is 11.0. The Balaban J connectivity index is 2.08. The molecule has 0 aliphatic heterocycles. The fraction of sp³-hybridized carbons (Fsp3) is 0.357. The van der Waals surface area contributed by atoms with Crippen LogP contribution in [0.3, 0.4) is 0 Å². The maximum Gasteiger partial charge on any atom is 0.122 e. The molecule has 4 nitrogen and oxygen atoms in total. The molecule has 1 heterocycles. The molecular weight excluding hydrogens is 228 g/mol. The van der Waals surface area contributed by atoms with E-state index in [0.717, 1.165) is 35.7 Å². The minimum absolute atomic E-state index is 0.822. The highest BCUT2D eigenvalue weighted by Crippen LogP contribution is 2.23. The van der Waals surface area contributed by atoms with Crippen LogP contribution in [0.1, 0.15) is 17.0 Å². The van der Waals surface area contributed by atoms with Gasteiger partial charge in [-0.3, -0.25) is 5.10 Å². The predicted octanol–water partition coefficient (Wildman–Crippen LogP) is 2.52. The molecule has 0 atom stereocenters. The van der Waals surface area contributed by atoms with Crippen molar-refractivity contribution in [1.29, 1.82) is 0 Å². The van der Waals surface area contributed by atoms with Gasteiger partial charge >= 0.3 is 0 Å². The molecule has 0 fully saturated rings. The maximum absolute atomic E-state index is 5.25. The molecule has 0 radical (unpaired) electrons. The fourth-order valence-corrected chi connectivity index (χ4v) is 1.89. The first kappa shape index (κ1) is 12.5. The molecular formula is C14H18N2O2. The summed E-state index contributed by atoms with van der Waals surface area (Å²) < 4.78 is 10.5. The van der Waals surface area contributed by atoms with Gasteiger partial charge in [0.2, 0.25) is 0 Å². The molecule has 1 aromatic carbocycles. The first-order chi connectivity index (χ1) is 8.71. The quantitative estimate of drug-likeness (QED) is 0.881. The normalized spacial score (nSPS) is 10.4. The van der Waals surface area contributed by atoms with Crippen LogP contribution in [0.25, 0.3) is 0 Å². The van der Waals surface area contributed by atoms with E-state index in [1.54, 1.807) is 14.2 Å². The van der Waals surface area contributed by atoms with E-state index in [2.05, 4.69) is 16.3 Å². The van der Waals surface area contributed by atoms with Crippen molar-refractivity contribution in [1.82, 2.24) is 10.2 Å². The number of aromatic nitrogens is 2. The number of hydrogen-bond acceptors (Lipinski definition) is 3. The van der Waals surface area contributed by atoms with Gasteiger partial charge in [0.1, 0.15) is 11.5 Å². The van der Waals surface area contributed by atoms with Gasteiger partial charge in [0, 0.05) is 11.8 Å². The van der Waals surface area contributed by atoms with Crippen molar-refractivity contribution in [2.45, 2.75) is 19.8 Å². The van der Waals surface area contributed by atoms with Crippen molar-refractivity contribution >= 4 is 0 Å². The van der Waals surface area contributed by atoms with Crippen LogP contribution < -0.4 is 9.47 Å². The Kier molecular flexibility index (Phi) is 3.87. The number of methoxy groups -OCH3 is 2. The third-order valence-electron chi connectivity index (χ3n) is 2.84. The molecule has 2 rings (SSSR count). The second-order valence-corrected chi connectivity index (χ2v) is 4.26. The molecule has 0 saturated carbocycles. The Labute approximate surface area is 107 Å². The molecule has 0 saturated heterocycles. The van der Waals surface area contributed by atoms with Gasteiger partial charge in [0.25, 0.3) is 0 Å². The maximum atomic E-state index is 5.25. The molecule has 1 aromatic heterocycles. The average Bonchev–Trinajstić information content (AvgIpc) is 2.81. The van der Waals surface area contributed by atoms with Gasteiger partial charge in [-0.1, -0.05) is 0 Å². The molecule has 0 aliphatic carbocycles. The summed E-state index contributed by atoms with van der Waals surface area (Å²) in [7, 11) is 3.32. The van der Waals surface area contributed by atoms with Gasteiger partial charge in [-0.2, -0.15) is 5.10 Å². The highest BCUT2D eigenvalue weighted by atomic mass is 16.5. The fourth-order valence-electron chi connectivity index (χ4n) is 1.89. The zero-order valence-corrected chi connectivity index (χ0v) is 11.0. The largest absolute Gasteiger partial charge is 0.497 e. The van der Waals surface area contributed by atoms with Gasteiger partial charge in [-0.25, -0.2) is 0 Å². The SMILES string of the molecule is COc1cc(CCc2cc(C)[nH]n2)cc(OC)c1. The molecule has 0 amide bonds. The van der Waals surface area contributed by atoms with E-state index in [4.69, 9.17) is 9.47 Å². The summed E-state index contributed by atoms with van der Waals surface area (Å²) in [6.07, 6.45) is 1.82. The van der Waals surface area contributed by atoms with Crippen LogP contribution in [0.15, 0.2) is 24.3 Å². The Hall–Kier alpha value is -1.97. The third-order valence-corrected chi connectivity index (χ3v) is 2.84. The van der Waals surface area contributed by atoms with Crippen molar-refractivity contribution in [3.8, 4) is 11.5 Å². The zero-order chi connectivity index (χ0) is 13.0. The van der Waals surface area contributed by atoms with Crippen molar-refractivity contribution in [3.63, 3.8) is 0 Å². The monoisotopic (exact) mass is 246 g/mol. The summed E-state index contributed by atoms with van der Waals surface area (Å²) in [5.41, 5.74) is 3.36. The highest BCUT2D eigenvalue weighted by molar-refractivity contribution is 5.38. The van der Waals surface area contributed by atoms with Crippen molar-refractivity contribution in [3.05, 3.63) is 41.2 Å². The van der Waals surface area contributed by atoms with E-state index in [-0.39, 0.29) is 0 Å². The van der Waals surface area contributed by atoms with Crippen molar-refractivity contribution < 1.29 is 9.47 Å². The molecule has 2 aromatic rings. The standard InChI is InChI=1S/C14H18N2O2/c1-10-6-12(16-15-10)5-4-11-7-13(17-2)9-14(8-11)18-3/h6-9H,4-5H2,1-3H3,(H,15,16). The predicted molar refractivity (Wildman–Crippen MR) is 70.3 cm³/mol. The number of hydrogen-bond donors (Lipinski definition) is 1. The van der Waals surface area contributed by atoms with Crippen LogP contribution >= 0.6 is 0 Å². The number of H-pyrrole nitrogens is 1. The van der Waals surface area contributed by atoms with Gasteiger partial charge in [0.05, 0.1) is 19.9 Å². The van der Waals surface area contributed by atoms with E-state index in [1.807, 2.05) is 25.1 Å². The first-order valence-electron chi connectivity index (χ1n) is 5.94. The second-order valence-electron chi connectivity index (χ2n) is 4.26. The van der Waals surface area contributed by atoms with Crippen LogP contribution in [0.4, 0.5) is 0 Å². The summed E-state index contributed by atoms with van der Waals surface area (Å²) >= 11 is 0. The Morgan fingerprint density at radius 2 is 1.67 bits per heavy atom. The topological polar surface area (TPSA) is 47.1 Å². The Morgan fingerprint density at radius 3 is 2.17 bits per heavy atom. The van der Waals surface area contributed by atoms with E-state index < -0.39 is 0 Å². The van der Waals surface area contributed by atoms with E-state index in [0.29, 0.717) is 0 Å². The molecule has 18 heavy (non-hydrogen) atoms.